The Morgan fingerprint density at radius 3 is 2.71 bits per heavy atom. The van der Waals surface area contributed by atoms with E-state index in [4.69, 9.17) is 0 Å². The van der Waals surface area contributed by atoms with Crippen LogP contribution in [-0.2, 0) is 7.05 Å². The van der Waals surface area contributed by atoms with Crippen LogP contribution in [0.25, 0.3) is 0 Å². The van der Waals surface area contributed by atoms with E-state index in [-0.39, 0.29) is 5.91 Å². The second kappa shape index (κ2) is 4.49. The SMILES string of the molecule is Cc1nn(C)c(C)c1C(=O)N1CCN[C@H](C)C1. The zero-order chi connectivity index (χ0) is 12.6. The standard InChI is InChI=1S/C12H20N4O/c1-8-7-16(6-5-13-8)12(17)11-9(2)14-15(4)10(11)3/h8,13H,5-7H2,1-4H3/t8-/m1/s1. The average molecular weight is 236 g/mol. The molecular formula is C12H20N4O. The molecular weight excluding hydrogens is 216 g/mol. The monoisotopic (exact) mass is 236 g/mol. The molecule has 0 radical (unpaired) electrons. The van der Waals surface area contributed by atoms with Gasteiger partial charge in [-0.1, -0.05) is 0 Å². The summed E-state index contributed by atoms with van der Waals surface area (Å²) in [6.07, 6.45) is 0. The van der Waals surface area contributed by atoms with Crippen LogP contribution in [-0.4, -0.2) is 46.3 Å². The maximum absolute atomic E-state index is 12.4. The highest BCUT2D eigenvalue weighted by atomic mass is 16.2. The van der Waals surface area contributed by atoms with Gasteiger partial charge in [0.05, 0.1) is 11.3 Å². The van der Waals surface area contributed by atoms with Crippen LogP contribution >= 0.6 is 0 Å². The van der Waals surface area contributed by atoms with Crippen LogP contribution < -0.4 is 5.32 Å². The normalized spacial score (nSPS) is 20.7. The summed E-state index contributed by atoms with van der Waals surface area (Å²) in [6, 6.07) is 0.366. The summed E-state index contributed by atoms with van der Waals surface area (Å²) in [7, 11) is 1.87. The van der Waals surface area contributed by atoms with Crippen molar-refractivity contribution in [3.63, 3.8) is 0 Å². The van der Waals surface area contributed by atoms with E-state index in [0.717, 1.165) is 36.6 Å². The Labute approximate surface area is 102 Å². The van der Waals surface area contributed by atoms with Gasteiger partial charge < -0.3 is 10.2 Å². The van der Waals surface area contributed by atoms with Gasteiger partial charge in [0.1, 0.15) is 0 Å². The third-order valence-corrected chi connectivity index (χ3v) is 3.38. The lowest BCUT2D eigenvalue weighted by Crippen LogP contribution is -2.51. The number of rotatable bonds is 1. The van der Waals surface area contributed by atoms with Gasteiger partial charge in [0.15, 0.2) is 0 Å². The van der Waals surface area contributed by atoms with Crippen LogP contribution in [0.1, 0.15) is 28.7 Å². The van der Waals surface area contributed by atoms with Crippen molar-refractivity contribution in [2.75, 3.05) is 19.6 Å². The first-order valence-electron chi connectivity index (χ1n) is 6.03. The van der Waals surface area contributed by atoms with Gasteiger partial charge >= 0.3 is 0 Å². The highest BCUT2D eigenvalue weighted by Gasteiger charge is 2.26. The summed E-state index contributed by atoms with van der Waals surface area (Å²) in [5.74, 6) is 0.112. The number of piperazine rings is 1. The fraction of sp³-hybridized carbons (Fsp3) is 0.667. The molecule has 2 rings (SSSR count). The van der Waals surface area contributed by atoms with E-state index in [2.05, 4.69) is 17.3 Å². The predicted octanol–water partition coefficient (Wildman–Crippen LogP) is 0.471. The maximum Gasteiger partial charge on any atom is 0.257 e. The minimum absolute atomic E-state index is 0.112. The first-order chi connectivity index (χ1) is 8.00. The van der Waals surface area contributed by atoms with Gasteiger partial charge in [0.2, 0.25) is 0 Å². The van der Waals surface area contributed by atoms with Crippen molar-refractivity contribution < 1.29 is 4.79 Å². The summed E-state index contributed by atoms with van der Waals surface area (Å²) in [5, 5.41) is 7.64. The molecule has 17 heavy (non-hydrogen) atoms. The molecule has 1 N–H and O–H groups in total. The molecule has 1 saturated heterocycles. The number of carbonyl (C=O) groups is 1. The molecule has 94 valence electrons. The second-order valence-electron chi connectivity index (χ2n) is 4.78. The molecule has 1 aromatic heterocycles. The molecule has 0 spiro atoms. The number of amides is 1. The quantitative estimate of drug-likeness (QED) is 0.771. The molecule has 0 aromatic carbocycles. The molecule has 1 aliphatic heterocycles. The molecule has 0 aliphatic carbocycles. The zero-order valence-electron chi connectivity index (χ0n) is 10.9. The van der Waals surface area contributed by atoms with Gasteiger partial charge in [0, 0.05) is 38.4 Å². The van der Waals surface area contributed by atoms with Gasteiger partial charge in [-0.3, -0.25) is 9.48 Å². The van der Waals surface area contributed by atoms with Crippen LogP contribution in [0.5, 0.6) is 0 Å². The Morgan fingerprint density at radius 1 is 1.47 bits per heavy atom. The summed E-state index contributed by atoms with van der Waals surface area (Å²) in [4.78, 5) is 14.4. The maximum atomic E-state index is 12.4. The lowest BCUT2D eigenvalue weighted by Gasteiger charge is -2.32. The molecule has 1 atom stereocenters. The molecule has 0 saturated carbocycles. The smallest absolute Gasteiger partial charge is 0.257 e. The van der Waals surface area contributed by atoms with Crippen LogP contribution in [0.4, 0.5) is 0 Å². The summed E-state index contributed by atoms with van der Waals surface area (Å²) in [6.45, 7) is 8.35. The van der Waals surface area contributed by atoms with E-state index in [1.807, 2.05) is 25.8 Å². The van der Waals surface area contributed by atoms with Crippen molar-refractivity contribution in [1.29, 1.82) is 0 Å². The second-order valence-corrected chi connectivity index (χ2v) is 4.78. The largest absolute Gasteiger partial charge is 0.336 e. The lowest BCUT2D eigenvalue weighted by atomic mass is 10.1. The van der Waals surface area contributed by atoms with Crippen molar-refractivity contribution in [3.05, 3.63) is 17.0 Å². The molecule has 1 amide bonds. The number of aryl methyl sites for hydroxylation is 2. The van der Waals surface area contributed by atoms with Gasteiger partial charge in [-0.25, -0.2) is 0 Å². The molecule has 0 unspecified atom stereocenters. The number of nitrogens with one attached hydrogen (secondary N) is 1. The van der Waals surface area contributed by atoms with Crippen LogP contribution in [0.3, 0.4) is 0 Å². The van der Waals surface area contributed by atoms with E-state index in [9.17, 15) is 4.79 Å². The van der Waals surface area contributed by atoms with Crippen molar-refractivity contribution in [3.8, 4) is 0 Å². The van der Waals surface area contributed by atoms with E-state index in [1.54, 1.807) is 4.68 Å². The Bertz CT molecular complexity index is 438. The highest BCUT2D eigenvalue weighted by molar-refractivity contribution is 5.96. The fourth-order valence-electron chi connectivity index (χ4n) is 2.36. The molecule has 2 heterocycles. The number of aromatic nitrogens is 2. The minimum atomic E-state index is 0.112. The first kappa shape index (κ1) is 12.1. The molecule has 1 aliphatic rings. The lowest BCUT2D eigenvalue weighted by molar-refractivity contribution is 0.0707. The number of hydrogen-bond donors (Lipinski definition) is 1. The highest BCUT2D eigenvalue weighted by Crippen LogP contribution is 2.15. The predicted molar refractivity (Wildman–Crippen MR) is 66.1 cm³/mol. The van der Waals surface area contributed by atoms with E-state index < -0.39 is 0 Å². The van der Waals surface area contributed by atoms with E-state index in [0.29, 0.717) is 6.04 Å². The van der Waals surface area contributed by atoms with Gasteiger partial charge in [-0.15, -0.1) is 0 Å². The zero-order valence-corrected chi connectivity index (χ0v) is 10.9. The number of nitrogens with zero attached hydrogens (tertiary/aromatic N) is 3. The third kappa shape index (κ3) is 2.20. The Morgan fingerprint density at radius 2 is 2.18 bits per heavy atom. The van der Waals surface area contributed by atoms with Crippen molar-refractivity contribution >= 4 is 5.91 Å². The van der Waals surface area contributed by atoms with E-state index in [1.165, 1.54) is 0 Å². The summed E-state index contributed by atoms with van der Waals surface area (Å²) >= 11 is 0. The Hall–Kier alpha value is -1.36. The summed E-state index contributed by atoms with van der Waals surface area (Å²) in [5.41, 5.74) is 2.53. The fourth-order valence-corrected chi connectivity index (χ4v) is 2.36. The molecule has 1 fully saturated rings. The average Bonchev–Trinajstić information content (AvgIpc) is 2.52. The molecule has 5 nitrogen and oxygen atoms in total. The van der Waals surface area contributed by atoms with Gasteiger partial charge in [-0.05, 0) is 20.8 Å². The topological polar surface area (TPSA) is 50.2 Å². The van der Waals surface area contributed by atoms with Crippen molar-refractivity contribution in [2.24, 2.45) is 7.05 Å². The van der Waals surface area contributed by atoms with Crippen molar-refractivity contribution in [1.82, 2.24) is 20.0 Å². The Kier molecular flexibility index (Phi) is 3.19. The minimum Gasteiger partial charge on any atom is -0.336 e. The Balaban J connectivity index is 2.24. The molecule has 5 heteroatoms. The first-order valence-corrected chi connectivity index (χ1v) is 6.03. The van der Waals surface area contributed by atoms with Gasteiger partial charge in [0.25, 0.3) is 5.91 Å². The van der Waals surface area contributed by atoms with Gasteiger partial charge in [-0.2, -0.15) is 5.10 Å². The van der Waals surface area contributed by atoms with Crippen LogP contribution in [0.15, 0.2) is 0 Å². The van der Waals surface area contributed by atoms with Crippen LogP contribution in [0, 0.1) is 13.8 Å². The molecule has 0 bridgehead atoms. The third-order valence-electron chi connectivity index (χ3n) is 3.38. The van der Waals surface area contributed by atoms with Crippen molar-refractivity contribution in [2.45, 2.75) is 26.8 Å². The number of hydrogen-bond acceptors (Lipinski definition) is 3. The van der Waals surface area contributed by atoms with E-state index >= 15 is 0 Å². The molecule has 1 aromatic rings. The number of carbonyl (C=O) groups excluding carboxylic acids is 1. The summed E-state index contributed by atoms with van der Waals surface area (Å²) < 4.78 is 1.77. The van der Waals surface area contributed by atoms with Crippen LogP contribution in [0.2, 0.25) is 0 Å².